The summed E-state index contributed by atoms with van der Waals surface area (Å²) in [5.74, 6) is 0. The second kappa shape index (κ2) is 17.3. The molecule has 0 fully saturated rings. The molecule has 12 aromatic rings. The van der Waals surface area contributed by atoms with Gasteiger partial charge in [0.25, 0.3) is 6.71 Å². The van der Waals surface area contributed by atoms with Gasteiger partial charge in [-0.15, -0.1) is 0 Å². The Morgan fingerprint density at radius 2 is 0.649 bits per heavy atom. The van der Waals surface area contributed by atoms with Crippen molar-refractivity contribution in [2.75, 3.05) is 9.80 Å². The molecule has 1 aromatic heterocycles. The van der Waals surface area contributed by atoms with Crippen molar-refractivity contribution < 1.29 is 0 Å². The molecular weight excluding hydrogens is 898 g/mol. The highest BCUT2D eigenvalue weighted by Gasteiger charge is 2.44. The number of fused-ring (bicyclic) bond motifs is 7. The van der Waals surface area contributed by atoms with E-state index in [2.05, 4.69) is 257 Å². The maximum absolute atomic E-state index is 9.77. The third-order valence-corrected chi connectivity index (χ3v) is 15.0. The number of nitriles is 2. The summed E-state index contributed by atoms with van der Waals surface area (Å²) >= 11 is 0. The highest BCUT2D eigenvalue weighted by Crippen LogP contribution is 2.47. The summed E-state index contributed by atoms with van der Waals surface area (Å²) < 4.78 is 2.44. The van der Waals surface area contributed by atoms with Gasteiger partial charge < -0.3 is 14.4 Å². The molecule has 74 heavy (non-hydrogen) atoms. The maximum Gasteiger partial charge on any atom is 0.252 e. The SMILES string of the molecule is N#Cc1ccc(-c2ccc3c(c2)B2c4cc(-c5ccc(C#N)cc5)ccc4N(c4ccc(-c5ccccc5)cc4)c4cc(-n5c6ccccc6c6ccccc65)cc(c42)N3c2ccc(-c3ccccc3)cc2)cc1. The standard InChI is InChI=1S/C68H42BN5/c70-43-45-19-23-51(24-20-45)53-31-37-64-60(39-53)69-61-40-54(52-25-21-46(44-71)22-26-52)32-38-65(61)73(56-35-29-50(30-36-56)48-13-5-2-6-14-48)67-42-57(74-62-17-9-7-15-58(62)59-16-8-10-18-63(59)74)41-66(68(67)69)72(64)55-33-27-49(28-34-55)47-11-3-1-4-12-47/h1-42H. The Hall–Kier alpha value is -10.1. The molecule has 0 atom stereocenters. The van der Waals surface area contributed by atoms with E-state index in [9.17, 15) is 10.5 Å². The van der Waals surface area contributed by atoms with Crippen molar-refractivity contribution in [2.45, 2.75) is 0 Å². The number of benzene rings is 11. The Balaban J connectivity index is 1.09. The fourth-order valence-corrected chi connectivity index (χ4v) is 11.6. The van der Waals surface area contributed by atoms with Gasteiger partial charge in [-0.25, -0.2) is 0 Å². The largest absolute Gasteiger partial charge is 0.311 e. The molecule has 5 nitrogen and oxygen atoms in total. The summed E-state index contributed by atoms with van der Waals surface area (Å²) in [6, 6.07) is 95.7. The minimum atomic E-state index is -0.200. The van der Waals surface area contributed by atoms with Crippen LogP contribution < -0.4 is 26.2 Å². The van der Waals surface area contributed by atoms with Crippen LogP contribution in [-0.2, 0) is 0 Å². The average molecular weight is 940 g/mol. The summed E-state index contributed by atoms with van der Waals surface area (Å²) in [5.41, 5.74) is 23.5. The van der Waals surface area contributed by atoms with E-state index in [4.69, 9.17) is 0 Å². The van der Waals surface area contributed by atoms with Crippen molar-refractivity contribution in [3.8, 4) is 62.3 Å². The summed E-state index contributed by atoms with van der Waals surface area (Å²) in [4.78, 5) is 4.96. The van der Waals surface area contributed by atoms with Gasteiger partial charge in [-0.2, -0.15) is 10.5 Å². The topological polar surface area (TPSA) is 59.0 Å². The normalized spacial score (nSPS) is 12.2. The van der Waals surface area contributed by atoms with Crippen LogP contribution >= 0.6 is 0 Å². The zero-order chi connectivity index (χ0) is 49.3. The maximum atomic E-state index is 9.77. The molecular formula is C68H42BN5. The molecule has 14 rings (SSSR count). The van der Waals surface area contributed by atoms with Crippen LogP contribution in [-0.4, -0.2) is 11.3 Å². The molecule has 0 bridgehead atoms. The molecule has 11 aromatic carbocycles. The molecule has 0 N–H and O–H groups in total. The van der Waals surface area contributed by atoms with Gasteiger partial charge in [-0.3, -0.25) is 0 Å². The molecule has 2 aliphatic rings. The lowest BCUT2D eigenvalue weighted by molar-refractivity contribution is 1.16. The minimum absolute atomic E-state index is 0.200. The number of aromatic nitrogens is 1. The average Bonchev–Trinajstić information content (AvgIpc) is 3.83. The third kappa shape index (κ3) is 6.93. The second-order valence-electron chi connectivity index (χ2n) is 19.1. The van der Waals surface area contributed by atoms with Crippen LogP contribution in [0.3, 0.4) is 0 Å². The van der Waals surface area contributed by atoms with Gasteiger partial charge in [0, 0.05) is 44.9 Å². The monoisotopic (exact) mass is 939 g/mol. The lowest BCUT2D eigenvalue weighted by Gasteiger charge is -2.44. The van der Waals surface area contributed by atoms with Gasteiger partial charge >= 0.3 is 0 Å². The van der Waals surface area contributed by atoms with E-state index in [-0.39, 0.29) is 6.71 Å². The first-order valence-corrected chi connectivity index (χ1v) is 25.0. The number of rotatable bonds is 7. The Morgan fingerprint density at radius 3 is 1.07 bits per heavy atom. The van der Waals surface area contributed by atoms with Crippen LogP contribution in [0.15, 0.2) is 255 Å². The van der Waals surface area contributed by atoms with E-state index in [0.29, 0.717) is 11.1 Å². The lowest BCUT2D eigenvalue weighted by Crippen LogP contribution is -2.61. The smallest absolute Gasteiger partial charge is 0.252 e. The van der Waals surface area contributed by atoms with Gasteiger partial charge in [-0.05, 0) is 146 Å². The second-order valence-corrected chi connectivity index (χ2v) is 19.1. The zero-order valence-corrected chi connectivity index (χ0v) is 40.1. The van der Waals surface area contributed by atoms with E-state index in [1.54, 1.807) is 0 Å². The molecule has 6 heteroatoms. The molecule has 3 heterocycles. The van der Waals surface area contributed by atoms with Crippen LogP contribution in [0.25, 0.3) is 72.0 Å². The summed E-state index contributed by atoms with van der Waals surface area (Å²) in [6.45, 7) is -0.200. The molecule has 0 saturated heterocycles. The quantitative estimate of drug-likeness (QED) is 0.149. The first kappa shape index (κ1) is 42.7. The van der Waals surface area contributed by atoms with Crippen LogP contribution in [0.4, 0.5) is 34.1 Å². The predicted octanol–water partition coefficient (Wildman–Crippen LogP) is 15.3. The summed E-state index contributed by atoms with van der Waals surface area (Å²) in [7, 11) is 0. The number of anilines is 6. The molecule has 2 aliphatic heterocycles. The number of hydrogen-bond donors (Lipinski definition) is 0. The van der Waals surface area contributed by atoms with Crippen molar-refractivity contribution in [2.24, 2.45) is 0 Å². The van der Waals surface area contributed by atoms with E-state index >= 15 is 0 Å². The molecule has 0 radical (unpaired) electrons. The first-order valence-electron chi connectivity index (χ1n) is 25.0. The molecule has 0 saturated carbocycles. The van der Waals surface area contributed by atoms with Crippen LogP contribution in [0.5, 0.6) is 0 Å². The van der Waals surface area contributed by atoms with E-state index in [1.165, 1.54) is 38.3 Å². The number of para-hydroxylation sites is 2. The predicted molar refractivity (Wildman–Crippen MR) is 306 cm³/mol. The number of nitrogens with zero attached hydrogens (tertiary/aromatic N) is 5. The Morgan fingerprint density at radius 1 is 0.297 bits per heavy atom. The molecule has 0 aliphatic carbocycles. The lowest BCUT2D eigenvalue weighted by atomic mass is 9.33. The van der Waals surface area contributed by atoms with Crippen molar-refractivity contribution in [3.63, 3.8) is 0 Å². The fraction of sp³-hybridized carbons (Fsp3) is 0. The Labute approximate surface area is 430 Å². The van der Waals surface area contributed by atoms with Gasteiger partial charge in [-0.1, -0.05) is 170 Å². The van der Waals surface area contributed by atoms with Crippen molar-refractivity contribution >= 4 is 79.0 Å². The highest BCUT2D eigenvalue weighted by atomic mass is 15.2. The molecule has 0 spiro atoms. The fourth-order valence-electron chi connectivity index (χ4n) is 11.6. The minimum Gasteiger partial charge on any atom is -0.311 e. The van der Waals surface area contributed by atoms with Gasteiger partial charge in [0.2, 0.25) is 0 Å². The Bertz CT molecular complexity index is 3980. The molecule has 342 valence electrons. The van der Waals surface area contributed by atoms with Crippen LogP contribution in [0, 0.1) is 22.7 Å². The van der Waals surface area contributed by atoms with Crippen molar-refractivity contribution in [1.29, 1.82) is 10.5 Å². The van der Waals surface area contributed by atoms with E-state index < -0.39 is 0 Å². The van der Waals surface area contributed by atoms with Crippen molar-refractivity contribution in [1.82, 2.24) is 4.57 Å². The van der Waals surface area contributed by atoms with Crippen LogP contribution in [0.2, 0.25) is 0 Å². The van der Waals surface area contributed by atoms with Crippen molar-refractivity contribution in [3.05, 3.63) is 266 Å². The summed E-state index contributed by atoms with van der Waals surface area (Å²) in [6.07, 6.45) is 0. The summed E-state index contributed by atoms with van der Waals surface area (Å²) in [5, 5.41) is 21.9. The highest BCUT2D eigenvalue weighted by molar-refractivity contribution is 7.00. The first-order chi connectivity index (χ1) is 36.6. The molecule has 0 unspecified atom stereocenters. The Kier molecular flexibility index (Phi) is 10.00. The van der Waals surface area contributed by atoms with Crippen LogP contribution in [0.1, 0.15) is 11.1 Å². The third-order valence-electron chi connectivity index (χ3n) is 15.0. The molecule has 0 amide bonds. The van der Waals surface area contributed by atoms with Gasteiger partial charge in [0.05, 0.1) is 40.0 Å². The van der Waals surface area contributed by atoms with E-state index in [1.807, 2.05) is 24.3 Å². The zero-order valence-electron chi connectivity index (χ0n) is 40.1. The van der Waals surface area contributed by atoms with Gasteiger partial charge in [0.1, 0.15) is 0 Å². The number of hydrogen-bond acceptors (Lipinski definition) is 4. The van der Waals surface area contributed by atoms with E-state index in [0.717, 1.165) is 84.2 Å². The van der Waals surface area contributed by atoms with Gasteiger partial charge in [0.15, 0.2) is 0 Å².